The average Bonchev–Trinajstić information content (AvgIpc) is 2.73. The highest BCUT2D eigenvalue weighted by Gasteiger charge is 2.26. The maximum atomic E-state index is 5.79. The molecule has 0 spiro atoms. The molecular formula is C23H24N4O2. The van der Waals surface area contributed by atoms with Gasteiger partial charge in [-0.3, -0.25) is 14.8 Å². The molecule has 0 amide bonds. The lowest BCUT2D eigenvalue weighted by Gasteiger charge is -2.28. The fourth-order valence-electron chi connectivity index (χ4n) is 3.46. The molecule has 3 heterocycles. The minimum Gasteiger partial charge on any atom is -0.481 e. The summed E-state index contributed by atoms with van der Waals surface area (Å²) >= 11 is 0. The van der Waals surface area contributed by atoms with Crippen molar-refractivity contribution in [1.82, 2.24) is 15.4 Å². The molecular weight excluding hydrogens is 364 g/mol. The molecule has 2 unspecified atom stereocenters. The lowest BCUT2D eigenvalue weighted by Crippen LogP contribution is -2.38. The van der Waals surface area contributed by atoms with Crippen molar-refractivity contribution in [1.29, 1.82) is 0 Å². The highest BCUT2D eigenvalue weighted by molar-refractivity contribution is 5.97. The fraction of sp³-hybridized carbons (Fsp3) is 0.261. The minimum absolute atomic E-state index is 0.0958. The summed E-state index contributed by atoms with van der Waals surface area (Å²) in [5, 5.41) is 0. The Balaban J connectivity index is 1.71. The van der Waals surface area contributed by atoms with Gasteiger partial charge in [-0.2, -0.15) is 0 Å². The van der Waals surface area contributed by atoms with E-state index in [-0.39, 0.29) is 12.1 Å². The second kappa shape index (κ2) is 8.01. The van der Waals surface area contributed by atoms with Gasteiger partial charge in [-0.1, -0.05) is 29.8 Å². The van der Waals surface area contributed by atoms with Gasteiger partial charge in [0.15, 0.2) is 5.84 Å². The predicted octanol–water partition coefficient (Wildman–Crippen LogP) is 4.18. The SMILES string of the molecule is COc1nc(C2=NC(c3cccc(C)c3)C(C)ON2)ccc1-c1ccnc(C)c1. The van der Waals surface area contributed by atoms with Crippen LogP contribution in [0.15, 0.2) is 59.7 Å². The van der Waals surface area contributed by atoms with Gasteiger partial charge < -0.3 is 4.74 Å². The minimum atomic E-state index is -0.110. The Labute approximate surface area is 170 Å². The number of pyridine rings is 2. The van der Waals surface area contributed by atoms with Gasteiger partial charge in [0.25, 0.3) is 0 Å². The zero-order valence-corrected chi connectivity index (χ0v) is 17.0. The summed E-state index contributed by atoms with van der Waals surface area (Å²) in [4.78, 5) is 19.6. The van der Waals surface area contributed by atoms with Crippen LogP contribution in [0.4, 0.5) is 0 Å². The van der Waals surface area contributed by atoms with E-state index in [0.717, 1.165) is 22.4 Å². The number of rotatable bonds is 4. The van der Waals surface area contributed by atoms with Crippen molar-refractivity contribution in [2.75, 3.05) is 7.11 Å². The van der Waals surface area contributed by atoms with E-state index in [1.165, 1.54) is 5.56 Å². The van der Waals surface area contributed by atoms with E-state index in [1.54, 1.807) is 13.3 Å². The van der Waals surface area contributed by atoms with Crippen LogP contribution in [0, 0.1) is 13.8 Å². The van der Waals surface area contributed by atoms with Crippen molar-refractivity contribution in [2.24, 2.45) is 4.99 Å². The summed E-state index contributed by atoms with van der Waals surface area (Å²) in [7, 11) is 1.62. The van der Waals surface area contributed by atoms with Crippen molar-refractivity contribution in [3.8, 4) is 17.0 Å². The predicted molar refractivity (Wildman–Crippen MR) is 113 cm³/mol. The van der Waals surface area contributed by atoms with E-state index in [9.17, 15) is 0 Å². The number of hydroxylamine groups is 1. The molecule has 3 aromatic rings. The van der Waals surface area contributed by atoms with Crippen LogP contribution in [-0.4, -0.2) is 29.0 Å². The highest BCUT2D eigenvalue weighted by Crippen LogP contribution is 2.30. The Kier molecular flexibility index (Phi) is 5.27. The second-order valence-electron chi connectivity index (χ2n) is 7.20. The molecule has 1 aromatic carbocycles. The number of ether oxygens (including phenoxy) is 1. The van der Waals surface area contributed by atoms with Gasteiger partial charge in [0.05, 0.1) is 7.11 Å². The summed E-state index contributed by atoms with van der Waals surface area (Å²) in [6, 6.07) is 16.1. The number of benzene rings is 1. The van der Waals surface area contributed by atoms with Crippen LogP contribution in [0.5, 0.6) is 5.88 Å². The van der Waals surface area contributed by atoms with Crippen molar-refractivity contribution < 1.29 is 9.57 Å². The van der Waals surface area contributed by atoms with E-state index >= 15 is 0 Å². The maximum Gasteiger partial charge on any atom is 0.221 e. The Hall–Kier alpha value is -3.25. The number of aryl methyl sites for hydroxylation is 2. The molecule has 2 aromatic heterocycles. The number of nitrogens with zero attached hydrogens (tertiary/aromatic N) is 3. The van der Waals surface area contributed by atoms with Crippen LogP contribution in [0.1, 0.15) is 35.5 Å². The number of amidine groups is 1. The lowest BCUT2D eigenvalue weighted by atomic mass is 10.0. The average molecular weight is 388 g/mol. The van der Waals surface area contributed by atoms with Gasteiger partial charge in [-0.05, 0) is 56.2 Å². The third-order valence-electron chi connectivity index (χ3n) is 4.94. The molecule has 0 fully saturated rings. The van der Waals surface area contributed by atoms with Gasteiger partial charge in [-0.15, -0.1) is 0 Å². The number of nitrogens with one attached hydrogen (secondary N) is 1. The molecule has 2 atom stereocenters. The van der Waals surface area contributed by atoms with Gasteiger partial charge in [0.2, 0.25) is 5.88 Å². The van der Waals surface area contributed by atoms with Crippen molar-refractivity contribution in [3.05, 3.63) is 77.2 Å². The van der Waals surface area contributed by atoms with Gasteiger partial charge >= 0.3 is 0 Å². The largest absolute Gasteiger partial charge is 0.481 e. The Bertz CT molecular complexity index is 1060. The number of aliphatic imine (C=N–C) groups is 1. The van der Waals surface area contributed by atoms with Gasteiger partial charge in [0, 0.05) is 17.5 Å². The highest BCUT2D eigenvalue weighted by atomic mass is 16.7. The first-order valence-electron chi connectivity index (χ1n) is 9.59. The van der Waals surface area contributed by atoms with Crippen molar-refractivity contribution in [3.63, 3.8) is 0 Å². The first-order valence-corrected chi connectivity index (χ1v) is 9.59. The second-order valence-corrected chi connectivity index (χ2v) is 7.20. The fourth-order valence-corrected chi connectivity index (χ4v) is 3.46. The summed E-state index contributed by atoms with van der Waals surface area (Å²) in [5.41, 5.74) is 8.78. The zero-order chi connectivity index (χ0) is 20.4. The first kappa shape index (κ1) is 19.1. The van der Waals surface area contributed by atoms with Crippen LogP contribution in [0.2, 0.25) is 0 Å². The number of methoxy groups -OCH3 is 1. The molecule has 0 radical (unpaired) electrons. The molecule has 1 N–H and O–H groups in total. The van der Waals surface area contributed by atoms with Crippen LogP contribution in [-0.2, 0) is 4.84 Å². The molecule has 0 saturated heterocycles. The maximum absolute atomic E-state index is 5.79. The van der Waals surface area contributed by atoms with E-state index in [1.807, 2.05) is 44.2 Å². The number of aromatic nitrogens is 2. The van der Waals surface area contributed by atoms with E-state index in [0.29, 0.717) is 17.4 Å². The van der Waals surface area contributed by atoms with Crippen molar-refractivity contribution >= 4 is 5.84 Å². The molecule has 0 aliphatic carbocycles. The standard InChI is InChI=1S/C23H24N4O2/c1-14-6-5-7-18(12-14)21-16(3)29-27-22(26-21)20-9-8-19(23(25-20)28-4)17-10-11-24-15(2)13-17/h5-13,16,21H,1-4H3,(H,26,27). The Morgan fingerprint density at radius 2 is 1.93 bits per heavy atom. The van der Waals surface area contributed by atoms with Crippen molar-refractivity contribution in [2.45, 2.75) is 32.9 Å². The molecule has 1 aliphatic heterocycles. The van der Waals surface area contributed by atoms with E-state index < -0.39 is 0 Å². The first-order chi connectivity index (χ1) is 14.0. The van der Waals surface area contributed by atoms with Gasteiger partial charge in [-0.25, -0.2) is 10.5 Å². The molecule has 6 heteroatoms. The van der Waals surface area contributed by atoms with E-state index in [4.69, 9.17) is 14.6 Å². The number of hydrogen-bond acceptors (Lipinski definition) is 6. The lowest BCUT2D eigenvalue weighted by molar-refractivity contribution is -0.00478. The summed E-state index contributed by atoms with van der Waals surface area (Å²) in [6.45, 7) is 6.04. The third-order valence-corrected chi connectivity index (χ3v) is 4.94. The molecule has 0 saturated carbocycles. The monoisotopic (exact) mass is 388 g/mol. The zero-order valence-electron chi connectivity index (χ0n) is 17.0. The number of hydrogen-bond donors (Lipinski definition) is 1. The topological polar surface area (TPSA) is 68.6 Å². The van der Waals surface area contributed by atoms with E-state index in [2.05, 4.69) is 40.6 Å². The molecule has 6 nitrogen and oxygen atoms in total. The quantitative estimate of drug-likeness (QED) is 0.726. The molecule has 1 aliphatic rings. The summed E-state index contributed by atoms with van der Waals surface area (Å²) < 4.78 is 5.56. The van der Waals surface area contributed by atoms with Crippen LogP contribution >= 0.6 is 0 Å². The molecule has 29 heavy (non-hydrogen) atoms. The van der Waals surface area contributed by atoms with Crippen LogP contribution in [0.25, 0.3) is 11.1 Å². The van der Waals surface area contributed by atoms with Crippen LogP contribution in [0.3, 0.4) is 0 Å². The summed E-state index contributed by atoms with van der Waals surface area (Å²) in [5.74, 6) is 1.12. The molecule has 4 rings (SSSR count). The normalized spacial score (nSPS) is 18.7. The van der Waals surface area contributed by atoms with Crippen LogP contribution < -0.4 is 10.2 Å². The Morgan fingerprint density at radius 1 is 1.07 bits per heavy atom. The Morgan fingerprint density at radius 3 is 2.69 bits per heavy atom. The smallest absolute Gasteiger partial charge is 0.221 e. The summed E-state index contributed by atoms with van der Waals surface area (Å²) in [6.07, 6.45) is 1.69. The molecule has 148 valence electrons. The third kappa shape index (κ3) is 3.98. The van der Waals surface area contributed by atoms with Gasteiger partial charge in [0.1, 0.15) is 17.8 Å². The molecule has 0 bridgehead atoms.